The summed E-state index contributed by atoms with van der Waals surface area (Å²) in [6, 6.07) is 9.01. The van der Waals surface area contributed by atoms with Crippen LogP contribution in [0.5, 0.6) is 0 Å². The third kappa shape index (κ3) is 4.89. The average molecular weight is 340 g/mol. The maximum Gasteiger partial charge on any atom is 0.215 e. The summed E-state index contributed by atoms with van der Waals surface area (Å²) in [5.41, 5.74) is 7.97. The molecule has 1 aromatic carbocycles. The molecular formula is C14H16N2O2S3. The predicted molar refractivity (Wildman–Crippen MR) is 91.0 cm³/mol. The molecule has 0 saturated heterocycles. The summed E-state index contributed by atoms with van der Waals surface area (Å²) in [5, 5.41) is 3.98. The zero-order valence-corrected chi connectivity index (χ0v) is 13.7. The first-order valence-electron chi connectivity index (χ1n) is 6.34. The smallest absolute Gasteiger partial charge is 0.215 e. The van der Waals surface area contributed by atoms with Gasteiger partial charge in [0.25, 0.3) is 0 Å². The van der Waals surface area contributed by atoms with Crippen LogP contribution in [0.2, 0.25) is 0 Å². The zero-order valence-electron chi connectivity index (χ0n) is 11.3. The molecule has 0 saturated carbocycles. The molecule has 1 aromatic heterocycles. The Labute approximate surface area is 134 Å². The van der Waals surface area contributed by atoms with Gasteiger partial charge in [-0.2, -0.15) is 11.3 Å². The lowest BCUT2D eigenvalue weighted by atomic mass is 10.1. The first kappa shape index (κ1) is 16.1. The van der Waals surface area contributed by atoms with E-state index in [0.29, 0.717) is 24.1 Å². The Hall–Kier alpha value is -1.28. The molecule has 112 valence electrons. The molecule has 0 atom stereocenters. The molecule has 0 amide bonds. The fraction of sp³-hybridized carbons (Fsp3) is 0.214. The molecule has 2 aromatic rings. The van der Waals surface area contributed by atoms with Gasteiger partial charge in [0.05, 0.1) is 5.75 Å². The van der Waals surface area contributed by atoms with Crippen molar-refractivity contribution in [3.8, 4) is 0 Å². The van der Waals surface area contributed by atoms with Crippen LogP contribution >= 0.6 is 23.6 Å². The van der Waals surface area contributed by atoms with Crippen LogP contribution in [0.3, 0.4) is 0 Å². The van der Waals surface area contributed by atoms with Gasteiger partial charge >= 0.3 is 0 Å². The number of hydrogen-bond acceptors (Lipinski definition) is 4. The van der Waals surface area contributed by atoms with Crippen molar-refractivity contribution in [1.82, 2.24) is 4.72 Å². The molecule has 0 spiro atoms. The Morgan fingerprint density at radius 3 is 2.71 bits per heavy atom. The average Bonchev–Trinajstić information content (AvgIpc) is 2.91. The van der Waals surface area contributed by atoms with Crippen LogP contribution < -0.4 is 10.5 Å². The third-order valence-electron chi connectivity index (χ3n) is 2.94. The minimum Gasteiger partial charge on any atom is -0.389 e. The number of rotatable bonds is 7. The number of thiophene rings is 1. The summed E-state index contributed by atoms with van der Waals surface area (Å²) in [6.45, 7) is 0.383. The van der Waals surface area contributed by atoms with Gasteiger partial charge < -0.3 is 5.73 Å². The lowest BCUT2D eigenvalue weighted by Gasteiger charge is -2.10. The first-order valence-corrected chi connectivity index (χ1v) is 9.34. The molecule has 4 nitrogen and oxygen atoms in total. The SMILES string of the molecule is NC(=S)c1ccccc1CS(=O)(=O)NCCc1ccsc1. The van der Waals surface area contributed by atoms with Gasteiger partial charge in [-0.25, -0.2) is 13.1 Å². The van der Waals surface area contributed by atoms with Crippen molar-refractivity contribution in [3.63, 3.8) is 0 Å². The van der Waals surface area contributed by atoms with Crippen LogP contribution in [-0.4, -0.2) is 20.0 Å². The van der Waals surface area contributed by atoms with E-state index in [-0.39, 0.29) is 10.7 Å². The van der Waals surface area contributed by atoms with Crippen LogP contribution in [0.25, 0.3) is 0 Å². The van der Waals surface area contributed by atoms with E-state index in [1.54, 1.807) is 35.6 Å². The molecular weight excluding hydrogens is 324 g/mol. The summed E-state index contributed by atoms with van der Waals surface area (Å²) in [7, 11) is -3.41. The maximum absolute atomic E-state index is 12.1. The Kier molecular flexibility index (Phi) is 5.46. The summed E-state index contributed by atoms with van der Waals surface area (Å²) in [4.78, 5) is 0.207. The van der Waals surface area contributed by atoms with E-state index in [1.807, 2.05) is 16.8 Å². The van der Waals surface area contributed by atoms with Gasteiger partial charge in [0.2, 0.25) is 10.0 Å². The van der Waals surface area contributed by atoms with E-state index >= 15 is 0 Å². The minimum absolute atomic E-state index is 0.121. The maximum atomic E-state index is 12.1. The Morgan fingerprint density at radius 1 is 1.29 bits per heavy atom. The van der Waals surface area contributed by atoms with Crippen molar-refractivity contribution in [1.29, 1.82) is 0 Å². The summed E-state index contributed by atoms with van der Waals surface area (Å²) in [5.74, 6) is -0.121. The fourth-order valence-corrected chi connectivity index (χ4v) is 4.01. The highest BCUT2D eigenvalue weighted by atomic mass is 32.2. The Balaban J connectivity index is 1.99. The fourth-order valence-electron chi connectivity index (χ4n) is 1.93. The van der Waals surface area contributed by atoms with Crippen LogP contribution in [0.1, 0.15) is 16.7 Å². The second kappa shape index (κ2) is 7.13. The Morgan fingerprint density at radius 2 is 2.05 bits per heavy atom. The van der Waals surface area contributed by atoms with E-state index in [0.717, 1.165) is 5.56 Å². The van der Waals surface area contributed by atoms with Gasteiger partial charge in [-0.05, 0) is 34.4 Å². The van der Waals surface area contributed by atoms with Crippen molar-refractivity contribution in [3.05, 3.63) is 57.8 Å². The molecule has 7 heteroatoms. The molecule has 1 heterocycles. The van der Waals surface area contributed by atoms with Crippen molar-refractivity contribution in [2.24, 2.45) is 5.73 Å². The van der Waals surface area contributed by atoms with Gasteiger partial charge in [-0.3, -0.25) is 0 Å². The van der Waals surface area contributed by atoms with Crippen molar-refractivity contribution in [2.75, 3.05) is 6.54 Å². The van der Waals surface area contributed by atoms with E-state index in [1.165, 1.54) is 0 Å². The number of benzene rings is 1. The van der Waals surface area contributed by atoms with Crippen LogP contribution in [0, 0.1) is 0 Å². The number of hydrogen-bond donors (Lipinski definition) is 2. The summed E-state index contributed by atoms with van der Waals surface area (Å²) >= 11 is 6.54. The molecule has 21 heavy (non-hydrogen) atoms. The van der Waals surface area contributed by atoms with E-state index < -0.39 is 10.0 Å². The highest BCUT2D eigenvalue weighted by molar-refractivity contribution is 7.88. The van der Waals surface area contributed by atoms with E-state index in [2.05, 4.69) is 4.72 Å². The second-order valence-corrected chi connectivity index (χ2v) is 7.58. The molecule has 0 aliphatic rings. The van der Waals surface area contributed by atoms with E-state index in [4.69, 9.17) is 18.0 Å². The number of sulfonamides is 1. The van der Waals surface area contributed by atoms with Crippen LogP contribution in [0.15, 0.2) is 41.1 Å². The molecule has 0 aliphatic carbocycles. The second-order valence-electron chi connectivity index (χ2n) is 4.56. The molecule has 0 unspecified atom stereocenters. The quantitative estimate of drug-likeness (QED) is 0.757. The summed E-state index contributed by atoms with van der Waals surface area (Å²) in [6.07, 6.45) is 0.680. The van der Waals surface area contributed by atoms with Gasteiger partial charge in [-0.15, -0.1) is 0 Å². The van der Waals surface area contributed by atoms with E-state index in [9.17, 15) is 8.42 Å². The minimum atomic E-state index is -3.41. The van der Waals surface area contributed by atoms with Crippen molar-refractivity contribution < 1.29 is 8.42 Å². The molecule has 0 fully saturated rings. The normalized spacial score (nSPS) is 11.4. The lowest BCUT2D eigenvalue weighted by molar-refractivity contribution is 0.581. The van der Waals surface area contributed by atoms with Gasteiger partial charge in [0, 0.05) is 12.1 Å². The molecule has 0 radical (unpaired) electrons. The molecule has 2 rings (SSSR count). The van der Waals surface area contributed by atoms with Gasteiger partial charge in [0.15, 0.2) is 0 Å². The molecule has 0 aliphatic heterocycles. The predicted octanol–water partition coefficient (Wildman–Crippen LogP) is 2.04. The highest BCUT2D eigenvalue weighted by Crippen LogP contribution is 2.12. The highest BCUT2D eigenvalue weighted by Gasteiger charge is 2.14. The molecule has 0 bridgehead atoms. The third-order valence-corrected chi connectivity index (χ3v) is 5.23. The first-order chi connectivity index (χ1) is 9.98. The van der Waals surface area contributed by atoms with Crippen LogP contribution in [-0.2, 0) is 22.2 Å². The van der Waals surface area contributed by atoms with Crippen molar-refractivity contribution in [2.45, 2.75) is 12.2 Å². The Bertz CT molecular complexity index is 710. The van der Waals surface area contributed by atoms with Gasteiger partial charge in [0.1, 0.15) is 4.99 Å². The lowest BCUT2D eigenvalue weighted by Crippen LogP contribution is -2.28. The standard InChI is InChI=1S/C14H16N2O2S3/c15-14(19)13-4-2-1-3-12(13)10-21(17,18)16-7-5-11-6-8-20-9-11/h1-4,6,8-9,16H,5,7,10H2,(H2,15,19). The largest absolute Gasteiger partial charge is 0.389 e. The number of thiocarbonyl (C=S) groups is 1. The monoisotopic (exact) mass is 340 g/mol. The number of nitrogens with two attached hydrogens (primary N) is 1. The number of nitrogens with one attached hydrogen (secondary N) is 1. The van der Waals surface area contributed by atoms with Gasteiger partial charge in [-0.1, -0.05) is 36.5 Å². The molecule has 3 N–H and O–H groups in total. The van der Waals surface area contributed by atoms with Crippen LogP contribution in [0.4, 0.5) is 0 Å². The van der Waals surface area contributed by atoms with Crippen molar-refractivity contribution >= 4 is 38.6 Å². The zero-order chi connectivity index (χ0) is 15.3. The summed E-state index contributed by atoms with van der Waals surface area (Å²) < 4.78 is 26.8. The topological polar surface area (TPSA) is 72.2 Å².